The Morgan fingerprint density at radius 2 is 1.96 bits per heavy atom. The number of hydrogen-bond acceptors (Lipinski definition) is 4. The molecule has 1 aromatic heterocycles. The topological polar surface area (TPSA) is 73.7 Å². The van der Waals surface area contributed by atoms with Crippen molar-refractivity contribution < 1.29 is 14.7 Å². The Bertz CT molecular complexity index is 666. The minimum Gasteiger partial charge on any atom is -0.389 e. The Balaban J connectivity index is 1.62. The van der Waals surface area contributed by atoms with Gasteiger partial charge in [0.1, 0.15) is 0 Å². The minimum atomic E-state index is -0.811. The second kappa shape index (κ2) is 8.38. The third kappa shape index (κ3) is 4.86. The van der Waals surface area contributed by atoms with Crippen LogP contribution in [0.15, 0.2) is 18.3 Å². The van der Waals surface area contributed by atoms with Gasteiger partial charge in [0, 0.05) is 45.0 Å². The molecule has 1 N–H and O–H groups in total. The van der Waals surface area contributed by atoms with Crippen molar-refractivity contribution in [1.82, 2.24) is 14.8 Å². The smallest absolute Gasteiger partial charge is 0.254 e. The maximum absolute atomic E-state index is 12.8. The molecule has 3 rings (SSSR count). The van der Waals surface area contributed by atoms with E-state index in [0.717, 1.165) is 57.2 Å². The van der Waals surface area contributed by atoms with Gasteiger partial charge in [-0.25, -0.2) is 0 Å². The number of rotatable bonds is 4. The molecule has 148 valence electrons. The van der Waals surface area contributed by atoms with E-state index in [4.69, 9.17) is 0 Å². The van der Waals surface area contributed by atoms with Gasteiger partial charge >= 0.3 is 0 Å². The van der Waals surface area contributed by atoms with Crippen LogP contribution >= 0.6 is 0 Å². The van der Waals surface area contributed by atoms with E-state index < -0.39 is 5.60 Å². The molecule has 1 aliphatic heterocycles. The van der Waals surface area contributed by atoms with Gasteiger partial charge in [0.15, 0.2) is 0 Å². The molecule has 27 heavy (non-hydrogen) atoms. The summed E-state index contributed by atoms with van der Waals surface area (Å²) in [6, 6.07) is 3.72. The molecule has 1 aromatic rings. The third-order valence-corrected chi connectivity index (χ3v) is 5.90. The van der Waals surface area contributed by atoms with Crippen molar-refractivity contribution in [3.63, 3.8) is 0 Å². The maximum atomic E-state index is 12.8. The first-order chi connectivity index (χ1) is 12.9. The quantitative estimate of drug-likeness (QED) is 0.880. The Kier molecular flexibility index (Phi) is 6.15. The van der Waals surface area contributed by atoms with E-state index >= 15 is 0 Å². The van der Waals surface area contributed by atoms with Gasteiger partial charge < -0.3 is 14.9 Å². The predicted octanol–water partition coefficient (Wildman–Crippen LogP) is 2.57. The lowest BCUT2D eigenvalue weighted by molar-refractivity contribution is -0.139. The van der Waals surface area contributed by atoms with Gasteiger partial charge in [-0.05, 0) is 37.8 Å². The van der Waals surface area contributed by atoms with Crippen molar-refractivity contribution in [3.05, 3.63) is 29.6 Å². The predicted molar refractivity (Wildman–Crippen MR) is 103 cm³/mol. The van der Waals surface area contributed by atoms with E-state index in [1.165, 1.54) is 4.90 Å². The van der Waals surface area contributed by atoms with Crippen LogP contribution in [-0.4, -0.2) is 64.5 Å². The minimum absolute atomic E-state index is 0.0588. The molecule has 1 aliphatic carbocycles. The zero-order valence-electron chi connectivity index (χ0n) is 16.5. The number of piperidine rings is 1. The number of likely N-dealkylation sites (tertiary alicyclic amines) is 1. The van der Waals surface area contributed by atoms with Crippen LogP contribution in [0.4, 0.5) is 0 Å². The van der Waals surface area contributed by atoms with Crippen LogP contribution in [0.5, 0.6) is 0 Å². The summed E-state index contributed by atoms with van der Waals surface area (Å²) in [5, 5.41) is 10.7. The molecular formula is C21H31N3O3. The molecule has 0 aromatic carbocycles. The molecule has 2 amide bonds. The fourth-order valence-electron chi connectivity index (χ4n) is 4.26. The molecule has 0 bridgehead atoms. The lowest BCUT2D eigenvalue weighted by Crippen LogP contribution is -2.44. The van der Waals surface area contributed by atoms with Gasteiger partial charge in [-0.3, -0.25) is 14.6 Å². The Hall–Kier alpha value is -1.95. The summed E-state index contributed by atoms with van der Waals surface area (Å²) in [5.41, 5.74) is 0.695. The van der Waals surface area contributed by atoms with Crippen molar-refractivity contribution in [2.75, 3.05) is 27.2 Å². The average molecular weight is 373 g/mol. The van der Waals surface area contributed by atoms with Crippen molar-refractivity contribution in [2.24, 2.45) is 0 Å². The van der Waals surface area contributed by atoms with E-state index in [9.17, 15) is 14.7 Å². The molecule has 2 aliphatic rings. The molecule has 1 saturated heterocycles. The first kappa shape index (κ1) is 19.8. The Labute approximate surface area is 161 Å². The average Bonchev–Trinajstić information content (AvgIpc) is 2.68. The molecule has 1 atom stereocenters. The van der Waals surface area contributed by atoms with Gasteiger partial charge in [0.05, 0.1) is 17.6 Å². The van der Waals surface area contributed by atoms with Gasteiger partial charge in [-0.2, -0.15) is 0 Å². The van der Waals surface area contributed by atoms with Crippen LogP contribution in [-0.2, 0) is 4.79 Å². The summed E-state index contributed by atoms with van der Waals surface area (Å²) in [4.78, 5) is 32.7. The van der Waals surface area contributed by atoms with Crippen LogP contribution < -0.4 is 0 Å². The Morgan fingerprint density at radius 1 is 1.22 bits per heavy atom. The number of carbonyl (C=O) groups is 2. The van der Waals surface area contributed by atoms with Crippen LogP contribution in [0.25, 0.3) is 0 Å². The second-order valence-electron chi connectivity index (χ2n) is 8.31. The highest BCUT2D eigenvalue weighted by Crippen LogP contribution is 2.33. The van der Waals surface area contributed by atoms with Crippen LogP contribution in [0.2, 0.25) is 0 Å². The molecule has 6 nitrogen and oxygen atoms in total. The number of aromatic nitrogens is 1. The molecule has 6 heteroatoms. The van der Waals surface area contributed by atoms with Gasteiger partial charge in [-0.15, -0.1) is 0 Å². The zero-order valence-corrected chi connectivity index (χ0v) is 16.5. The summed E-state index contributed by atoms with van der Waals surface area (Å²) >= 11 is 0. The standard InChI is InChI=1S/C21H31N3O3/c1-23(2)20(26)16-8-9-18(22-14-16)17-7-6-12-24(15-17)19(25)13-21(27)10-4-3-5-11-21/h8-9,14,17,27H,3-7,10-13,15H2,1-2H3/t17-/m1/s1. The number of amides is 2. The summed E-state index contributed by atoms with van der Waals surface area (Å²) in [7, 11) is 3.45. The largest absolute Gasteiger partial charge is 0.389 e. The summed E-state index contributed by atoms with van der Waals surface area (Å²) in [5.74, 6) is 0.186. The number of aliphatic hydroxyl groups is 1. The van der Waals surface area contributed by atoms with E-state index in [1.54, 1.807) is 20.3 Å². The first-order valence-electron chi connectivity index (χ1n) is 10.1. The zero-order chi connectivity index (χ0) is 19.4. The number of carbonyl (C=O) groups excluding carboxylic acids is 2. The van der Waals surface area contributed by atoms with Crippen molar-refractivity contribution in [2.45, 2.75) is 62.9 Å². The molecule has 2 heterocycles. The lowest BCUT2D eigenvalue weighted by atomic mass is 9.82. The number of hydrogen-bond donors (Lipinski definition) is 1. The molecule has 0 unspecified atom stereocenters. The monoisotopic (exact) mass is 373 g/mol. The molecule has 2 fully saturated rings. The highest BCUT2D eigenvalue weighted by molar-refractivity contribution is 5.93. The SMILES string of the molecule is CN(C)C(=O)c1ccc([C@@H]2CCCN(C(=O)CC3(O)CCCCC3)C2)nc1. The fraction of sp³-hybridized carbons (Fsp3) is 0.667. The van der Waals surface area contributed by atoms with Crippen LogP contribution in [0.3, 0.4) is 0 Å². The summed E-state index contributed by atoms with van der Waals surface area (Å²) in [6.07, 6.45) is 8.43. The van der Waals surface area contributed by atoms with E-state index in [1.807, 2.05) is 17.0 Å². The second-order valence-corrected chi connectivity index (χ2v) is 8.31. The van der Waals surface area contributed by atoms with Crippen LogP contribution in [0.1, 0.15) is 73.3 Å². The molecule has 1 saturated carbocycles. The lowest BCUT2D eigenvalue weighted by Gasteiger charge is -2.37. The highest BCUT2D eigenvalue weighted by atomic mass is 16.3. The third-order valence-electron chi connectivity index (χ3n) is 5.90. The van der Waals surface area contributed by atoms with Crippen LogP contribution in [0, 0.1) is 0 Å². The summed E-state index contributed by atoms with van der Waals surface area (Å²) < 4.78 is 0. The van der Waals surface area contributed by atoms with Gasteiger partial charge in [0.2, 0.25) is 5.91 Å². The Morgan fingerprint density at radius 3 is 2.59 bits per heavy atom. The molecule has 0 spiro atoms. The van der Waals surface area contributed by atoms with Crippen molar-refractivity contribution in [1.29, 1.82) is 0 Å². The first-order valence-corrected chi connectivity index (χ1v) is 10.1. The number of pyridine rings is 1. The molecule has 0 radical (unpaired) electrons. The van der Waals surface area contributed by atoms with E-state index in [0.29, 0.717) is 12.1 Å². The summed E-state index contributed by atoms with van der Waals surface area (Å²) in [6.45, 7) is 1.39. The van der Waals surface area contributed by atoms with Crippen molar-refractivity contribution >= 4 is 11.8 Å². The normalized spacial score (nSPS) is 22.3. The van der Waals surface area contributed by atoms with Gasteiger partial charge in [-0.1, -0.05) is 19.3 Å². The molecular weight excluding hydrogens is 342 g/mol. The number of nitrogens with zero attached hydrogens (tertiary/aromatic N) is 3. The van der Waals surface area contributed by atoms with E-state index in [2.05, 4.69) is 4.98 Å². The highest BCUT2D eigenvalue weighted by Gasteiger charge is 2.35. The maximum Gasteiger partial charge on any atom is 0.254 e. The van der Waals surface area contributed by atoms with Crippen molar-refractivity contribution in [3.8, 4) is 0 Å². The fourth-order valence-corrected chi connectivity index (χ4v) is 4.26. The van der Waals surface area contributed by atoms with E-state index in [-0.39, 0.29) is 24.2 Å². The van der Waals surface area contributed by atoms with Gasteiger partial charge in [0.25, 0.3) is 5.91 Å².